The highest BCUT2D eigenvalue weighted by molar-refractivity contribution is 7.13. The molecule has 0 saturated heterocycles. The quantitative estimate of drug-likeness (QED) is 0.772. The van der Waals surface area contributed by atoms with Gasteiger partial charge in [0.05, 0.1) is 17.5 Å². The predicted molar refractivity (Wildman–Crippen MR) is 63.9 cm³/mol. The Kier molecular flexibility index (Phi) is 3.22. The van der Waals surface area contributed by atoms with Gasteiger partial charge in [-0.3, -0.25) is 0 Å². The van der Waals surface area contributed by atoms with E-state index in [1.807, 2.05) is 18.2 Å². The van der Waals surface area contributed by atoms with Crippen LogP contribution in [0, 0.1) is 0 Å². The summed E-state index contributed by atoms with van der Waals surface area (Å²) >= 11 is 7.43. The average Bonchev–Trinajstić information content (AvgIpc) is 2.77. The lowest BCUT2D eigenvalue weighted by Crippen LogP contribution is -2.02. The summed E-state index contributed by atoms with van der Waals surface area (Å²) in [6, 6.07) is 7.33. The number of ether oxygens (including phenoxy) is 1. The van der Waals surface area contributed by atoms with Crippen molar-refractivity contribution in [2.45, 2.75) is 0 Å². The van der Waals surface area contributed by atoms with Gasteiger partial charge in [-0.25, -0.2) is 9.78 Å². The number of hydrogen-bond donors (Lipinski definition) is 0. The summed E-state index contributed by atoms with van der Waals surface area (Å²) in [6.07, 6.45) is 0. The Balaban J connectivity index is 2.53. The lowest BCUT2D eigenvalue weighted by Gasteiger charge is -2.02. The minimum absolute atomic E-state index is 0.306. The zero-order chi connectivity index (χ0) is 11.5. The zero-order valence-corrected chi connectivity index (χ0v) is 10.0. The molecule has 0 aliphatic heterocycles. The molecule has 1 aromatic carbocycles. The number of carbonyl (C=O) groups is 1. The van der Waals surface area contributed by atoms with Crippen LogP contribution in [-0.4, -0.2) is 18.1 Å². The van der Waals surface area contributed by atoms with Crippen molar-refractivity contribution >= 4 is 28.9 Å². The van der Waals surface area contributed by atoms with Gasteiger partial charge in [0.15, 0.2) is 5.69 Å². The fourth-order valence-corrected chi connectivity index (χ4v) is 2.43. The molecule has 0 bridgehead atoms. The maximum Gasteiger partial charge on any atom is 0.358 e. The summed E-state index contributed by atoms with van der Waals surface area (Å²) in [5, 5.41) is 0.594. The van der Waals surface area contributed by atoms with Gasteiger partial charge in [-0.1, -0.05) is 29.8 Å². The van der Waals surface area contributed by atoms with Crippen molar-refractivity contribution in [3.05, 3.63) is 40.5 Å². The maximum atomic E-state index is 11.5. The number of methoxy groups -OCH3 is 1. The Morgan fingerprint density at radius 2 is 2.19 bits per heavy atom. The van der Waals surface area contributed by atoms with Gasteiger partial charge in [0.2, 0.25) is 0 Å². The first-order valence-corrected chi connectivity index (χ1v) is 5.76. The Morgan fingerprint density at radius 1 is 1.44 bits per heavy atom. The van der Waals surface area contributed by atoms with Crippen LogP contribution in [0.15, 0.2) is 29.8 Å². The largest absolute Gasteiger partial charge is 0.464 e. The van der Waals surface area contributed by atoms with Crippen LogP contribution in [0.3, 0.4) is 0 Å². The van der Waals surface area contributed by atoms with E-state index in [9.17, 15) is 4.79 Å². The first-order valence-electron chi connectivity index (χ1n) is 4.50. The Labute approximate surface area is 102 Å². The Morgan fingerprint density at radius 3 is 2.88 bits per heavy atom. The molecular weight excluding hydrogens is 246 g/mol. The van der Waals surface area contributed by atoms with Crippen molar-refractivity contribution < 1.29 is 9.53 Å². The molecule has 0 atom stereocenters. The number of carbonyl (C=O) groups excluding carboxylic acids is 1. The molecule has 2 rings (SSSR count). The van der Waals surface area contributed by atoms with Gasteiger partial charge in [-0.15, -0.1) is 11.3 Å². The number of halogens is 1. The third-order valence-corrected chi connectivity index (χ3v) is 3.25. The summed E-state index contributed by atoms with van der Waals surface area (Å²) in [7, 11) is 1.33. The molecule has 0 aliphatic carbocycles. The molecule has 82 valence electrons. The van der Waals surface area contributed by atoms with Crippen molar-refractivity contribution in [2.75, 3.05) is 7.11 Å². The lowest BCUT2D eigenvalue weighted by atomic mass is 10.1. The van der Waals surface area contributed by atoms with Crippen molar-refractivity contribution in [1.29, 1.82) is 0 Å². The fourth-order valence-electron chi connectivity index (χ4n) is 1.32. The highest BCUT2D eigenvalue weighted by Crippen LogP contribution is 2.33. The first kappa shape index (κ1) is 11.1. The molecular formula is C11H8ClNO2S. The van der Waals surface area contributed by atoms with E-state index in [4.69, 9.17) is 11.6 Å². The standard InChI is InChI=1S/C11H8ClNO2S/c1-15-11(14)9-10(16-6-13-9)7-4-2-3-5-8(7)12/h2-6H,1H3. The Bertz CT molecular complexity index is 524. The van der Waals surface area contributed by atoms with E-state index in [-0.39, 0.29) is 0 Å². The number of thiazole rings is 1. The smallest absolute Gasteiger partial charge is 0.358 e. The molecule has 1 heterocycles. The molecule has 5 heteroatoms. The topological polar surface area (TPSA) is 39.2 Å². The zero-order valence-electron chi connectivity index (χ0n) is 8.44. The highest BCUT2D eigenvalue weighted by Gasteiger charge is 2.18. The van der Waals surface area contributed by atoms with Crippen LogP contribution in [0.4, 0.5) is 0 Å². The van der Waals surface area contributed by atoms with E-state index in [0.29, 0.717) is 10.7 Å². The van der Waals surface area contributed by atoms with Gasteiger partial charge in [-0.2, -0.15) is 0 Å². The molecule has 0 saturated carbocycles. The SMILES string of the molecule is COC(=O)c1ncsc1-c1ccccc1Cl. The van der Waals surface area contributed by atoms with E-state index in [1.54, 1.807) is 11.6 Å². The number of esters is 1. The molecule has 1 aromatic heterocycles. The van der Waals surface area contributed by atoms with Crippen LogP contribution < -0.4 is 0 Å². The number of benzene rings is 1. The van der Waals surface area contributed by atoms with Crippen LogP contribution in [0.5, 0.6) is 0 Å². The first-order chi connectivity index (χ1) is 7.74. The van der Waals surface area contributed by atoms with Gasteiger partial charge in [-0.05, 0) is 6.07 Å². The third-order valence-electron chi connectivity index (χ3n) is 2.06. The number of nitrogens with zero attached hydrogens (tertiary/aromatic N) is 1. The van der Waals surface area contributed by atoms with Gasteiger partial charge in [0.25, 0.3) is 0 Å². The molecule has 3 nitrogen and oxygen atoms in total. The summed E-state index contributed by atoms with van der Waals surface area (Å²) in [6.45, 7) is 0. The molecule has 0 unspecified atom stereocenters. The molecule has 0 radical (unpaired) electrons. The molecule has 2 aromatic rings. The molecule has 0 fully saturated rings. The van der Waals surface area contributed by atoms with Crippen molar-refractivity contribution in [2.24, 2.45) is 0 Å². The molecule has 16 heavy (non-hydrogen) atoms. The van der Waals surface area contributed by atoms with Gasteiger partial charge >= 0.3 is 5.97 Å². The van der Waals surface area contributed by atoms with Crippen LogP contribution in [-0.2, 0) is 4.74 Å². The normalized spacial score (nSPS) is 10.1. The van der Waals surface area contributed by atoms with E-state index < -0.39 is 5.97 Å². The minimum Gasteiger partial charge on any atom is -0.464 e. The number of aromatic nitrogens is 1. The van der Waals surface area contributed by atoms with Gasteiger partial charge < -0.3 is 4.74 Å². The summed E-state index contributed by atoms with van der Waals surface area (Å²) in [4.78, 5) is 16.2. The summed E-state index contributed by atoms with van der Waals surface area (Å²) in [5.74, 6) is -0.448. The van der Waals surface area contributed by atoms with Gasteiger partial charge in [0.1, 0.15) is 0 Å². The second-order valence-electron chi connectivity index (χ2n) is 3.00. The number of rotatable bonds is 2. The highest BCUT2D eigenvalue weighted by atomic mass is 35.5. The van der Waals surface area contributed by atoms with Crippen molar-refractivity contribution in [3.63, 3.8) is 0 Å². The summed E-state index contributed by atoms with van der Waals surface area (Å²) < 4.78 is 4.66. The van der Waals surface area contributed by atoms with E-state index in [1.165, 1.54) is 18.4 Å². The van der Waals surface area contributed by atoms with E-state index in [0.717, 1.165) is 10.4 Å². The molecule has 0 amide bonds. The fraction of sp³-hybridized carbons (Fsp3) is 0.0909. The second kappa shape index (κ2) is 4.63. The number of hydrogen-bond acceptors (Lipinski definition) is 4. The van der Waals surface area contributed by atoms with Crippen molar-refractivity contribution in [1.82, 2.24) is 4.98 Å². The second-order valence-corrected chi connectivity index (χ2v) is 4.26. The van der Waals surface area contributed by atoms with Gasteiger partial charge in [0, 0.05) is 10.6 Å². The molecule has 0 N–H and O–H groups in total. The Hall–Kier alpha value is -1.39. The van der Waals surface area contributed by atoms with Crippen molar-refractivity contribution in [3.8, 4) is 10.4 Å². The van der Waals surface area contributed by atoms with Crippen LogP contribution in [0.2, 0.25) is 5.02 Å². The maximum absolute atomic E-state index is 11.5. The average molecular weight is 254 g/mol. The monoisotopic (exact) mass is 253 g/mol. The third kappa shape index (κ3) is 1.94. The predicted octanol–water partition coefficient (Wildman–Crippen LogP) is 3.25. The van der Waals surface area contributed by atoms with E-state index in [2.05, 4.69) is 9.72 Å². The van der Waals surface area contributed by atoms with Crippen LogP contribution >= 0.6 is 22.9 Å². The summed E-state index contributed by atoms with van der Waals surface area (Å²) in [5.41, 5.74) is 2.71. The minimum atomic E-state index is -0.448. The van der Waals surface area contributed by atoms with E-state index >= 15 is 0 Å². The van der Waals surface area contributed by atoms with Crippen LogP contribution in [0.25, 0.3) is 10.4 Å². The molecule has 0 spiro atoms. The van der Waals surface area contributed by atoms with Crippen LogP contribution in [0.1, 0.15) is 10.5 Å². The lowest BCUT2D eigenvalue weighted by molar-refractivity contribution is 0.0596. The molecule has 0 aliphatic rings.